The molecule has 0 radical (unpaired) electrons. The minimum atomic E-state index is -0.441. The number of pyridine rings is 1. The van der Waals surface area contributed by atoms with Gasteiger partial charge in [-0.25, -0.2) is 0 Å². The normalized spacial score (nSPS) is 15.2. The third-order valence-electron chi connectivity index (χ3n) is 4.02. The number of nitrogens with zero attached hydrogens (tertiary/aromatic N) is 4. The molecular formula is C19H19N5OS. The first-order valence-electron chi connectivity index (χ1n) is 8.66. The second-order valence-corrected chi connectivity index (χ2v) is 6.95. The number of unbranched alkanes of at least 4 members (excludes halogenated alkanes) is 1. The van der Waals surface area contributed by atoms with Crippen molar-refractivity contribution >= 4 is 17.4 Å². The van der Waals surface area contributed by atoms with Gasteiger partial charge in [0.1, 0.15) is 5.69 Å². The highest BCUT2D eigenvalue weighted by atomic mass is 32.2. The Balaban J connectivity index is 1.74. The van der Waals surface area contributed by atoms with Crippen molar-refractivity contribution in [1.82, 2.24) is 20.2 Å². The highest BCUT2D eigenvalue weighted by molar-refractivity contribution is 7.99. The van der Waals surface area contributed by atoms with E-state index in [9.17, 15) is 0 Å². The summed E-state index contributed by atoms with van der Waals surface area (Å²) in [6.07, 6.45) is 3.57. The zero-order chi connectivity index (χ0) is 17.8. The molecule has 0 amide bonds. The summed E-state index contributed by atoms with van der Waals surface area (Å²) in [6, 6.07) is 13.7. The van der Waals surface area contributed by atoms with Gasteiger partial charge < -0.3 is 10.1 Å². The molecule has 1 N–H and O–H groups in total. The van der Waals surface area contributed by atoms with Crippen LogP contribution in [0.1, 0.15) is 31.7 Å². The van der Waals surface area contributed by atoms with E-state index in [-0.39, 0.29) is 0 Å². The number of fused-ring (bicyclic) bond motifs is 3. The number of nitrogens with one attached hydrogen (secondary N) is 1. The van der Waals surface area contributed by atoms with Crippen LogP contribution < -0.4 is 10.1 Å². The molecule has 2 aromatic heterocycles. The van der Waals surface area contributed by atoms with Gasteiger partial charge in [0.25, 0.3) is 0 Å². The van der Waals surface area contributed by atoms with Crippen LogP contribution in [-0.4, -0.2) is 25.9 Å². The molecule has 6 nitrogen and oxygen atoms in total. The second-order valence-electron chi connectivity index (χ2n) is 5.89. The van der Waals surface area contributed by atoms with Gasteiger partial charge in [0.2, 0.25) is 17.3 Å². The Morgan fingerprint density at radius 3 is 2.85 bits per heavy atom. The lowest BCUT2D eigenvalue weighted by Gasteiger charge is -2.18. The predicted molar refractivity (Wildman–Crippen MR) is 102 cm³/mol. The topological polar surface area (TPSA) is 72.8 Å². The zero-order valence-electron chi connectivity index (χ0n) is 14.4. The number of para-hydroxylation sites is 1. The molecular weight excluding hydrogens is 346 g/mol. The minimum absolute atomic E-state index is 0.441. The van der Waals surface area contributed by atoms with Gasteiger partial charge in [0.05, 0.1) is 0 Å². The van der Waals surface area contributed by atoms with Crippen molar-refractivity contribution in [1.29, 1.82) is 0 Å². The molecule has 1 aliphatic heterocycles. The average molecular weight is 365 g/mol. The average Bonchev–Trinajstić information content (AvgIpc) is 2.85. The Morgan fingerprint density at radius 1 is 1.12 bits per heavy atom. The van der Waals surface area contributed by atoms with Gasteiger partial charge >= 0.3 is 0 Å². The molecule has 3 aromatic rings. The second kappa shape index (κ2) is 7.70. The SMILES string of the molecule is CCCCSc1nnc2c(n1)O[C@H](c1ccccn1)Nc1ccccc1-2. The third-order valence-corrected chi connectivity index (χ3v) is 4.94. The van der Waals surface area contributed by atoms with Gasteiger partial charge in [0, 0.05) is 23.2 Å². The molecule has 1 aliphatic rings. The largest absolute Gasteiger partial charge is 0.446 e. The van der Waals surface area contributed by atoms with Gasteiger partial charge in [-0.3, -0.25) is 4.98 Å². The Hall–Kier alpha value is -2.67. The molecule has 0 unspecified atom stereocenters. The van der Waals surface area contributed by atoms with Gasteiger partial charge in [-0.05, 0) is 24.6 Å². The molecule has 0 saturated heterocycles. The summed E-state index contributed by atoms with van der Waals surface area (Å²) in [5.41, 5.74) is 3.27. The smallest absolute Gasteiger partial charge is 0.247 e. The van der Waals surface area contributed by atoms with Crippen molar-refractivity contribution in [2.75, 3.05) is 11.1 Å². The van der Waals surface area contributed by atoms with Crippen molar-refractivity contribution < 1.29 is 4.74 Å². The van der Waals surface area contributed by atoms with Crippen molar-refractivity contribution in [2.45, 2.75) is 31.1 Å². The van der Waals surface area contributed by atoms with Crippen LogP contribution in [-0.2, 0) is 0 Å². The lowest BCUT2D eigenvalue weighted by Crippen LogP contribution is -2.18. The van der Waals surface area contributed by atoms with Crippen LogP contribution in [0.5, 0.6) is 5.88 Å². The van der Waals surface area contributed by atoms with Crippen LogP contribution in [0.3, 0.4) is 0 Å². The molecule has 0 spiro atoms. The number of aromatic nitrogens is 4. The fraction of sp³-hybridized carbons (Fsp3) is 0.263. The van der Waals surface area contributed by atoms with E-state index in [4.69, 9.17) is 4.74 Å². The van der Waals surface area contributed by atoms with Crippen LogP contribution in [0, 0.1) is 0 Å². The summed E-state index contributed by atoms with van der Waals surface area (Å²) in [4.78, 5) is 9.04. The van der Waals surface area contributed by atoms with E-state index in [2.05, 4.69) is 32.4 Å². The van der Waals surface area contributed by atoms with Crippen molar-refractivity contribution in [2.24, 2.45) is 0 Å². The molecule has 4 rings (SSSR count). The number of thioether (sulfide) groups is 1. The van der Waals surface area contributed by atoms with E-state index in [1.54, 1.807) is 18.0 Å². The minimum Gasteiger partial charge on any atom is -0.446 e. The molecule has 26 heavy (non-hydrogen) atoms. The van der Waals surface area contributed by atoms with Crippen molar-refractivity contribution in [3.63, 3.8) is 0 Å². The summed E-state index contributed by atoms with van der Waals surface area (Å²) in [5, 5.41) is 12.7. The Labute approximate surface area is 156 Å². The van der Waals surface area contributed by atoms with E-state index in [1.807, 2.05) is 42.5 Å². The number of ether oxygens (including phenoxy) is 1. The number of rotatable bonds is 5. The molecule has 1 atom stereocenters. The first kappa shape index (κ1) is 16.8. The fourth-order valence-electron chi connectivity index (χ4n) is 2.68. The number of anilines is 1. The van der Waals surface area contributed by atoms with E-state index in [1.165, 1.54) is 0 Å². The summed E-state index contributed by atoms with van der Waals surface area (Å²) in [7, 11) is 0. The zero-order valence-corrected chi connectivity index (χ0v) is 15.2. The maximum Gasteiger partial charge on any atom is 0.247 e. The molecule has 0 fully saturated rings. The highest BCUT2D eigenvalue weighted by Crippen LogP contribution is 2.39. The maximum absolute atomic E-state index is 6.17. The van der Waals surface area contributed by atoms with Crippen LogP contribution in [0.2, 0.25) is 0 Å². The summed E-state index contributed by atoms with van der Waals surface area (Å²) in [5.74, 6) is 1.45. The lowest BCUT2D eigenvalue weighted by atomic mass is 10.1. The number of hydrogen-bond acceptors (Lipinski definition) is 7. The molecule has 0 aliphatic carbocycles. The quantitative estimate of drug-likeness (QED) is 0.533. The molecule has 7 heteroatoms. The maximum atomic E-state index is 6.17. The number of benzene rings is 1. The van der Waals surface area contributed by atoms with Crippen LogP contribution in [0.15, 0.2) is 53.8 Å². The molecule has 1 aromatic carbocycles. The Bertz CT molecular complexity index is 890. The Kier molecular flexibility index (Phi) is 4.97. The standard InChI is InChI=1S/C19H19N5OS/c1-2-3-12-26-19-22-18-16(23-24-19)13-8-4-5-9-14(13)21-17(25-18)15-10-6-7-11-20-15/h4-11,17,21H,2-3,12H2,1H3/t17-/m1/s1. The summed E-state index contributed by atoms with van der Waals surface area (Å²) in [6.45, 7) is 2.17. The van der Waals surface area contributed by atoms with Crippen LogP contribution >= 0.6 is 11.8 Å². The molecule has 3 heterocycles. The highest BCUT2D eigenvalue weighted by Gasteiger charge is 2.26. The lowest BCUT2D eigenvalue weighted by molar-refractivity contribution is 0.220. The van der Waals surface area contributed by atoms with Crippen molar-refractivity contribution in [3.05, 3.63) is 54.4 Å². The fourth-order valence-corrected chi connectivity index (χ4v) is 3.54. The van der Waals surface area contributed by atoms with E-state index >= 15 is 0 Å². The van der Waals surface area contributed by atoms with Crippen molar-refractivity contribution in [3.8, 4) is 17.1 Å². The first-order valence-corrected chi connectivity index (χ1v) is 9.64. The monoisotopic (exact) mass is 365 g/mol. The number of hydrogen-bond donors (Lipinski definition) is 1. The van der Waals surface area contributed by atoms with Gasteiger partial charge in [-0.1, -0.05) is 49.4 Å². The van der Waals surface area contributed by atoms with E-state index < -0.39 is 6.23 Å². The Morgan fingerprint density at radius 2 is 2.00 bits per heavy atom. The van der Waals surface area contributed by atoms with E-state index in [0.717, 1.165) is 35.5 Å². The summed E-state index contributed by atoms with van der Waals surface area (Å²) < 4.78 is 6.17. The van der Waals surface area contributed by atoms with Crippen LogP contribution in [0.25, 0.3) is 11.3 Å². The van der Waals surface area contributed by atoms with Gasteiger partial charge in [0.15, 0.2) is 5.69 Å². The molecule has 132 valence electrons. The van der Waals surface area contributed by atoms with Gasteiger partial charge in [-0.15, -0.1) is 10.2 Å². The third kappa shape index (κ3) is 3.48. The first-order chi connectivity index (χ1) is 12.8. The summed E-state index contributed by atoms with van der Waals surface area (Å²) >= 11 is 1.60. The van der Waals surface area contributed by atoms with E-state index in [0.29, 0.717) is 16.7 Å². The molecule has 0 saturated carbocycles. The van der Waals surface area contributed by atoms with Gasteiger partial charge in [-0.2, -0.15) is 4.98 Å². The predicted octanol–water partition coefficient (Wildman–Crippen LogP) is 4.33. The molecule has 0 bridgehead atoms. The van der Waals surface area contributed by atoms with Crippen LogP contribution in [0.4, 0.5) is 5.69 Å².